The van der Waals surface area contributed by atoms with Crippen molar-refractivity contribution in [2.24, 2.45) is 0 Å². The van der Waals surface area contributed by atoms with Crippen molar-refractivity contribution in [1.29, 1.82) is 0 Å². The van der Waals surface area contributed by atoms with Gasteiger partial charge >= 0.3 is 0 Å². The van der Waals surface area contributed by atoms with Gasteiger partial charge < -0.3 is 5.11 Å². The van der Waals surface area contributed by atoms with Gasteiger partial charge in [-0.25, -0.2) is 0 Å². The van der Waals surface area contributed by atoms with Crippen LogP contribution in [0.1, 0.15) is 31.7 Å². The van der Waals surface area contributed by atoms with E-state index in [1.54, 1.807) is 18.2 Å². The first-order valence-corrected chi connectivity index (χ1v) is 5.09. The lowest BCUT2D eigenvalue weighted by molar-refractivity contribution is 0.474. The summed E-state index contributed by atoms with van der Waals surface area (Å²) in [6.45, 7) is 2.17. The van der Waals surface area contributed by atoms with Crippen molar-refractivity contribution in [2.75, 3.05) is 0 Å². The summed E-state index contributed by atoms with van der Waals surface area (Å²) in [5.41, 5.74) is 1.05. The maximum absolute atomic E-state index is 9.24. The Kier molecular flexibility index (Phi) is 4.10. The van der Waals surface area contributed by atoms with Crippen LogP contribution in [0.3, 0.4) is 0 Å². The normalized spacial score (nSPS) is 10.3. The van der Waals surface area contributed by atoms with Crippen LogP contribution >= 0.6 is 11.6 Å². The van der Waals surface area contributed by atoms with E-state index in [0.717, 1.165) is 23.4 Å². The van der Waals surface area contributed by atoms with Crippen molar-refractivity contribution in [3.63, 3.8) is 0 Å². The quantitative estimate of drug-likeness (QED) is 0.731. The molecule has 0 aromatic heterocycles. The third kappa shape index (κ3) is 3.27. The average molecular weight is 199 g/mol. The van der Waals surface area contributed by atoms with Gasteiger partial charge in [-0.3, -0.25) is 0 Å². The van der Waals surface area contributed by atoms with Gasteiger partial charge in [0, 0.05) is 5.02 Å². The van der Waals surface area contributed by atoms with Gasteiger partial charge in [0.15, 0.2) is 0 Å². The number of benzene rings is 1. The summed E-state index contributed by atoms with van der Waals surface area (Å²) in [6, 6.07) is 5.11. The fourth-order valence-electron chi connectivity index (χ4n) is 1.32. The van der Waals surface area contributed by atoms with E-state index in [4.69, 9.17) is 11.6 Å². The Morgan fingerprint density at radius 2 is 2.08 bits per heavy atom. The summed E-state index contributed by atoms with van der Waals surface area (Å²) in [5, 5.41) is 9.99. The topological polar surface area (TPSA) is 20.2 Å². The minimum absolute atomic E-state index is 0.302. The van der Waals surface area contributed by atoms with Gasteiger partial charge in [-0.1, -0.05) is 31.4 Å². The van der Waals surface area contributed by atoms with Crippen LogP contribution in [0.2, 0.25) is 5.02 Å². The molecule has 1 aromatic carbocycles. The van der Waals surface area contributed by atoms with Gasteiger partial charge in [-0.2, -0.15) is 0 Å². The molecule has 0 saturated heterocycles. The molecule has 13 heavy (non-hydrogen) atoms. The molecule has 1 N–H and O–H groups in total. The molecule has 2 heteroatoms. The van der Waals surface area contributed by atoms with E-state index >= 15 is 0 Å². The number of halogens is 1. The van der Waals surface area contributed by atoms with E-state index in [1.807, 2.05) is 0 Å². The van der Waals surface area contributed by atoms with Crippen LogP contribution in [-0.4, -0.2) is 5.11 Å². The highest BCUT2D eigenvalue weighted by Crippen LogP contribution is 2.22. The zero-order chi connectivity index (χ0) is 9.68. The molecule has 0 aliphatic heterocycles. The predicted octanol–water partition coefficient (Wildman–Crippen LogP) is 3.78. The Labute approximate surface area is 84.4 Å². The van der Waals surface area contributed by atoms with Crippen molar-refractivity contribution in [3.05, 3.63) is 28.8 Å². The van der Waals surface area contributed by atoms with E-state index in [-0.39, 0.29) is 0 Å². The first kappa shape index (κ1) is 10.4. The highest BCUT2D eigenvalue weighted by atomic mass is 35.5. The third-order valence-corrected chi connectivity index (χ3v) is 2.45. The van der Waals surface area contributed by atoms with Crippen molar-refractivity contribution >= 4 is 11.6 Å². The molecule has 1 rings (SSSR count). The van der Waals surface area contributed by atoms with E-state index in [2.05, 4.69) is 6.92 Å². The van der Waals surface area contributed by atoms with Crippen LogP contribution in [0.5, 0.6) is 5.75 Å². The number of hydrogen-bond donors (Lipinski definition) is 1. The molecule has 0 saturated carbocycles. The number of phenols is 1. The number of unbranched alkanes of at least 4 members (excludes halogenated alkanes) is 2. The molecule has 1 aromatic rings. The smallest absolute Gasteiger partial charge is 0.115 e. The second-order valence-corrected chi connectivity index (χ2v) is 3.64. The Bertz CT molecular complexity index is 271. The molecule has 0 aliphatic rings. The maximum Gasteiger partial charge on any atom is 0.115 e. The average Bonchev–Trinajstić information content (AvgIpc) is 2.11. The Balaban J connectivity index is 2.59. The van der Waals surface area contributed by atoms with Crippen LogP contribution in [0.15, 0.2) is 18.2 Å². The molecule has 0 heterocycles. The number of rotatable bonds is 4. The third-order valence-electron chi connectivity index (χ3n) is 2.08. The molecular weight excluding hydrogens is 184 g/mol. The van der Waals surface area contributed by atoms with Gasteiger partial charge in [-0.05, 0) is 36.6 Å². The molecule has 0 unspecified atom stereocenters. The Hall–Kier alpha value is -0.690. The molecule has 0 atom stereocenters. The standard InChI is InChI=1S/C11H15ClO/c1-2-3-4-5-9-8-10(13)6-7-11(9)12/h6-8,13H,2-5H2,1H3. The number of aryl methyl sites for hydroxylation is 1. The van der Waals surface area contributed by atoms with Gasteiger partial charge in [0.1, 0.15) is 5.75 Å². The van der Waals surface area contributed by atoms with E-state index in [9.17, 15) is 5.11 Å². The summed E-state index contributed by atoms with van der Waals surface area (Å²) in [5.74, 6) is 0.302. The molecule has 1 nitrogen and oxygen atoms in total. The van der Waals surface area contributed by atoms with E-state index in [1.165, 1.54) is 12.8 Å². The summed E-state index contributed by atoms with van der Waals surface area (Å²) in [7, 11) is 0. The largest absolute Gasteiger partial charge is 0.508 e. The zero-order valence-electron chi connectivity index (χ0n) is 7.89. The van der Waals surface area contributed by atoms with Crippen LogP contribution in [-0.2, 0) is 6.42 Å². The lowest BCUT2D eigenvalue weighted by atomic mass is 10.1. The van der Waals surface area contributed by atoms with Gasteiger partial charge in [0.05, 0.1) is 0 Å². The lowest BCUT2D eigenvalue weighted by Crippen LogP contribution is -1.86. The SMILES string of the molecule is CCCCCc1cc(O)ccc1Cl. The summed E-state index contributed by atoms with van der Waals surface area (Å²) in [6.07, 6.45) is 4.52. The fraction of sp³-hybridized carbons (Fsp3) is 0.455. The van der Waals surface area contributed by atoms with Crippen LogP contribution in [0.4, 0.5) is 0 Å². The monoisotopic (exact) mass is 198 g/mol. The fourth-order valence-corrected chi connectivity index (χ4v) is 1.53. The van der Waals surface area contributed by atoms with Gasteiger partial charge in [0.2, 0.25) is 0 Å². The summed E-state index contributed by atoms with van der Waals surface area (Å²) >= 11 is 5.96. The molecule has 0 fully saturated rings. The number of hydrogen-bond acceptors (Lipinski definition) is 1. The molecule has 0 aliphatic carbocycles. The zero-order valence-corrected chi connectivity index (χ0v) is 8.64. The second kappa shape index (κ2) is 5.13. The van der Waals surface area contributed by atoms with Crippen molar-refractivity contribution in [2.45, 2.75) is 32.6 Å². The molecular formula is C11H15ClO. The second-order valence-electron chi connectivity index (χ2n) is 3.23. The summed E-state index contributed by atoms with van der Waals surface area (Å²) < 4.78 is 0. The summed E-state index contributed by atoms with van der Waals surface area (Å²) in [4.78, 5) is 0. The van der Waals surface area contributed by atoms with Crippen molar-refractivity contribution < 1.29 is 5.11 Å². The van der Waals surface area contributed by atoms with E-state index in [0.29, 0.717) is 5.75 Å². The van der Waals surface area contributed by atoms with E-state index < -0.39 is 0 Å². The van der Waals surface area contributed by atoms with Crippen LogP contribution in [0, 0.1) is 0 Å². The predicted molar refractivity (Wildman–Crippen MR) is 56.3 cm³/mol. The van der Waals surface area contributed by atoms with Crippen LogP contribution < -0.4 is 0 Å². The maximum atomic E-state index is 9.24. The van der Waals surface area contributed by atoms with Crippen molar-refractivity contribution in [3.8, 4) is 5.75 Å². The first-order chi connectivity index (χ1) is 6.24. The Morgan fingerprint density at radius 1 is 1.31 bits per heavy atom. The number of aromatic hydroxyl groups is 1. The highest BCUT2D eigenvalue weighted by molar-refractivity contribution is 6.31. The minimum atomic E-state index is 0.302. The molecule has 72 valence electrons. The van der Waals surface area contributed by atoms with Crippen molar-refractivity contribution in [1.82, 2.24) is 0 Å². The first-order valence-electron chi connectivity index (χ1n) is 4.71. The molecule has 0 spiro atoms. The minimum Gasteiger partial charge on any atom is -0.508 e. The molecule has 0 amide bonds. The lowest BCUT2D eigenvalue weighted by Gasteiger charge is -2.03. The number of phenolic OH excluding ortho intramolecular Hbond substituents is 1. The molecule has 0 bridgehead atoms. The highest BCUT2D eigenvalue weighted by Gasteiger charge is 2.00. The van der Waals surface area contributed by atoms with Gasteiger partial charge in [0.25, 0.3) is 0 Å². The van der Waals surface area contributed by atoms with Gasteiger partial charge in [-0.15, -0.1) is 0 Å². The Morgan fingerprint density at radius 3 is 2.77 bits per heavy atom. The van der Waals surface area contributed by atoms with Crippen LogP contribution in [0.25, 0.3) is 0 Å². The molecule has 0 radical (unpaired) electrons.